The highest BCUT2D eigenvalue weighted by Gasteiger charge is 2.13. The Labute approximate surface area is 120 Å². The lowest BCUT2D eigenvalue weighted by Crippen LogP contribution is -2.00. The Balaban J connectivity index is 2.26. The number of carboxylic acid groups (broad SMARTS) is 1. The van der Waals surface area contributed by atoms with Crippen LogP contribution >= 0.6 is 0 Å². The van der Waals surface area contributed by atoms with Crippen LogP contribution in [-0.4, -0.2) is 21.0 Å². The molecule has 0 amide bonds. The SMILES string of the molecule is Cc1cc(Oc2cc(C)c([N+](=O)[O-])cn2)ccc1C(=O)O. The molecule has 7 nitrogen and oxygen atoms in total. The lowest BCUT2D eigenvalue weighted by atomic mass is 10.1. The van der Waals surface area contributed by atoms with E-state index in [4.69, 9.17) is 9.84 Å². The van der Waals surface area contributed by atoms with Gasteiger partial charge in [0.05, 0.1) is 10.5 Å². The first-order valence-corrected chi connectivity index (χ1v) is 6.01. The van der Waals surface area contributed by atoms with Gasteiger partial charge in [-0.05, 0) is 37.6 Å². The molecule has 2 rings (SSSR count). The Kier molecular flexibility index (Phi) is 3.84. The maximum Gasteiger partial charge on any atom is 0.335 e. The summed E-state index contributed by atoms with van der Waals surface area (Å²) in [5.74, 6) is -0.387. The molecule has 0 aliphatic heterocycles. The average molecular weight is 288 g/mol. The largest absolute Gasteiger partial charge is 0.478 e. The van der Waals surface area contributed by atoms with Crippen molar-refractivity contribution in [3.8, 4) is 11.6 Å². The number of benzene rings is 1. The quantitative estimate of drug-likeness (QED) is 0.685. The van der Waals surface area contributed by atoms with Crippen molar-refractivity contribution in [3.63, 3.8) is 0 Å². The number of hydrogen-bond donors (Lipinski definition) is 1. The Morgan fingerprint density at radius 1 is 1.29 bits per heavy atom. The van der Waals surface area contributed by atoms with E-state index in [0.717, 1.165) is 6.20 Å². The highest BCUT2D eigenvalue weighted by molar-refractivity contribution is 5.89. The van der Waals surface area contributed by atoms with Crippen molar-refractivity contribution in [2.45, 2.75) is 13.8 Å². The molecule has 0 saturated carbocycles. The Bertz CT molecular complexity index is 666. The van der Waals surface area contributed by atoms with E-state index in [1.165, 1.54) is 18.2 Å². The van der Waals surface area contributed by atoms with Crippen LogP contribution < -0.4 is 4.74 Å². The van der Waals surface area contributed by atoms with Crippen molar-refractivity contribution < 1.29 is 19.6 Å². The molecular weight excluding hydrogens is 276 g/mol. The molecule has 108 valence electrons. The van der Waals surface area contributed by atoms with E-state index in [0.29, 0.717) is 16.9 Å². The molecule has 0 spiro atoms. The fraction of sp³-hybridized carbons (Fsp3) is 0.143. The van der Waals surface area contributed by atoms with E-state index in [-0.39, 0.29) is 17.1 Å². The van der Waals surface area contributed by atoms with Gasteiger partial charge in [0.25, 0.3) is 5.69 Å². The zero-order chi connectivity index (χ0) is 15.6. The molecule has 0 radical (unpaired) electrons. The Hall–Kier alpha value is -2.96. The topological polar surface area (TPSA) is 103 Å². The minimum atomic E-state index is -1.01. The smallest absolute Gasteiger partial charge is 0.335 e. The summed E-state index contributed by atoms with van der Waals surface area (Å²) in [5.41, 5.74) is 1.09. The van der Waals surface area contributed by atoms with Gasteiger partial charge in [0.1, 0.15) is 11.9 Å². The van der Waals surface area contributed by atoms with Gasteiger partial charge in [0.2, 0.25) is 5.88 Å². The number of aryl methyl sites for hydroxylation is 2. The lowest BCUT2D eigenvalue weighted by Gasteiger charge is -2.07. The van der Waals surface area contributed by atoms with Gasteiger partial charge in [0, 0.05) is 11.6 Å². The van der Waals surface area contributed by atoms with Crippen molar-refractivity contribution in [2.75, 3.05) is 0 Å². The van der Waals surface area contributed by atoms with Crippen LogP contribution in [0.15, 0.2) is 30.5 Å². The van der Waals surface area contributed by atoms with Crippen LogP contribution in [-0.2, 0) is 0 Å². The molecule has 1 heterocycles. The summed E-state index contributed by atoms with van der Waals surface area (Å²) in [6.45, 7) is 3.25. The molecule has 0 bridgehead atoms. The average Bonchev–Trinajstić information content (AvgIpc) is 2.37. The second kappa shape index (κ2) is 5.58. The summed E-state index contributed by atoms with van der Waals surface area (Å²) < 4.78 is 5.48. The number of nitro groups is 1. The van der Waals surface area contributed by atoms with Gasteiger partial charge < -0.3 is 9.84 Å². The van der Waals surface area contributed by atoms with Gasteiger partial charge in [-0.15, -0.1) is 0 Å². The summed E-state index contributed by atoms with van der Waals surface area (Å²) in [5, 5.41) is 19.7. The lowest BCUT2D eigenvalue weighted by molar-refractivity contribution is -0.385. The van der Waals surface area contributed by atoms with Crippen molar-refractivity contribution in [2.24, 2.45) is 0 Å². The van der Waals surface area contributed by atoms with E-state index >= 15 is 0 Å². The maximum atomic E-state index is 10.9. The van der Waals surface area contributed by atoms with Crippen LogP contribution in [0.5, 0.6) is 11.6 Å². The van der Waals surface area contributed by atoms with E-state index in [9.17, 15) is 14.9 Å². The van der Waals surface area contributed by atoms with Crippen LogP contribution in [0.25, 0.3) is 0 Å². The van der Waals surface area contributed by atoms with Gasteiger partial charge in [0.15, 0.2) is 0 Å². The third kappa shape index (κ3) is 3.14. The molecule has 0 unspecified atom stereocenters. The molecule has 1 N–H and O–H groups in total. The summed E-state index contributed by atoms with van der Waals surface area (Å²) >= 11 is 0. The minimum Gasteiger partial charge on any atom is -0.478 e. The molecule has 1 aromatic carbocycles. The van der Waals surface area contributed by atoms with E-state index < -0.39 is 10.9 Å². The fourth-order valence-corrected chi connectivity index (χ4v) is 1.83. The fourth-order valence-electron chi connectivity index (χ4n) is 1.83. The molecule has 0 fully saturated rings. The van der Waals surface area contributed by atoms with Crippen molar-refractivity contribution in [1.82, 2.24) is 4.98 Å². The third-order valence-corrected chi connectivity index (χ3v) is 2.91. The van der Waals surface area contributed by atoms with Gasteiger partial charge >= 0.3 is 5.97 Å². The van der Waals surface area contributed by atoms with Crippen LogP contribution in [0.4, 0.5) is 5.69 Å². The van der Waals surface area contributed by atoms with E-state index in [1.807, 2.05) is 0 Å². The van der Waals surface area contributed by atoms with Crippen LogP contribution in [0.1, 0.15) is 21.5 Å². The molecule has 0 saturated heterocycles. The zero-order valence-corrected chi connectivity index (χ0v) is 11.4. The monoisotopic (exact) mass is 288 g/mol. The number of rotatable bonds is 4. The number of nitrogens with zero attached hydrogens (tertiary/aromatic N) is 2. The van der Waals surface area contributed by atoms with Gasteiger partial charge in [-0.3, -0.25) is 10.1 Å². The molecule has 0 aliphatic carbocycles. The van der Waals surface area contributed by atoms with E-state index in [1.54, 1.807) is 19.9 Å². The number of hydrogen-bond acceptors (Lipinski definition) is 5. The minimum absolute atomic E-state index is 0.0836. The van der Waals surface area contributed by atoms with Crippen LogP contribution in [0.3, 0.4) is 0 Å². The first-order chi connectivity index (χ1) is 9.88. The second-order valence-electron chi connectivity index (χ2n) is 4.45. The number of aromatic nitrogens is 1. The second-order valence-corrected chi connectivity index (χ2v) is 4.45. The Morgan fingerprint density at radius 3 is 2.52 bits per heavy atom. The molecule has 0 aliphatic rings. The van der Waals surface area contributed by atoms with Crippen molar-refractivity contribution in [3.05, 3.63) is 57.3 Å². The van der Waals surface area contributed by atoms with Crippen LogP contribution in [0.2, 0.25) is 0 Å². The van der Waals surface area contributed by atoms with Gasteiger partial charge in [-0.2, -0.15) is 0 Å². The first-order valence-electron chi connectivity index (χ1n) is 6.01. The summed E-state index contributed by atoms with van der Waals surface area (Å²) in [6.07, 6.45) is 1.13. The number of carbonyl (C=O) groups is 1. The normalized spacial score (nSPS) is 10.2. The number of aromatic carboxylic acids is 1. The number of ether oxygens (including phenoxy) is 1. The predicted molar refractivity (Wildman–Crippen MR) is 73.8 cm³/mol. The summed E-state index contributed by atoms with van der Waals surface area (Å²) in [6, 6.07) is 5.97. The highest BCUT2D eigenvalue weighted by Crippen LogP contribution is 2.26. The third-order valence-electron chi connectivity index (χ3n) is 2.91. The van der Waals surface area contributed by atoms with Crippen LogP contribution in [0, 0.1) is 24.0 Å². The molecule has 1 aromatic heterocycles. The predicted octanol–water partition coefficient (Wildman–Crippen LogP) is 3.10. The number of carboxylic acids is 1. The van der Waals surface area contributed by atoms with Crippen molar-refractivity contribution in [1.29, 1.82) is 0 Å². The molecule has 0 atom stereocenters. The molecular formula is C14H12N2O5. The molecule has 2 aromatic rings. The van der Waals surface area contributed by atoms with Gasteiger partial charge in [-0.25, -0.2) is 9.78 Å². The molecule has 21 heavy (non-hydrogen) atoms. The van der Waals surface area contributed by atoms with Crippen molar-refractivity contribution >= 4 is 11.7 Å². The Morgan fingerprint density at radius 2 is 2.00 bits per heavy atom. The van der Waals surface area contributed by atoms with Gasteiger partial charge in [-0.1, -0.05) is 0 Å². The first kappa shape index (κ1) is 14.4. The summed E-state index contributed by atoms with van der Waals surface area (Å²) in [7, 11) is 0. The maximum absolute atomic E-state index is 10.9. The zero-order valence-electron chi connectivity index (χ0n) is 11.4. The summed E-state index contributed by atoms with van der Waals surface area (Å²) in [4.78, 5) is 25.0. The highest BCUT2D eigenvalue weighted by atomic mass is 16.6. The van der Waals surface area contributed by atoms with E-state index in [2.05, 4.69) is 4.98 Å². The number of pyridine rings is 1. The molecule has 7 heteroatoms. The standard InChI is InChI=1S/C14H12N2O5/c1-8-5-10(3-4-11(8)14(17)18)21-13-6-9(2)12(7-15-13)16(19)20/h3-7H,1-2H3,(H,17,18).